The van der Waals surface area contributed by atoms with Crippen LogP contribution in [0, 0.1) is 0 Å². The molecule has 2 fully saturated rings. The van der Waals surface area contributed by atoms with Crippen molar-refractivity contribution in [1.29, 1.82) is 0 Å². The van der Waals surface area contributed by atoms with Crippen molar-refractivity contribution in [3.8, 4) is 0 Å². The SMILES string of the molecule is O=C1CC(N2C(=O)CCC2=O)C(=O)N1. The molecule has 6 heteroatoms. The van der Waals surface area contributed by atoms with Crippen LogP contribution in [0.25, 0.3) is 0 Å². The molecule has 1 atom stereocenters. The zero-order valence-electron chi connectivity index (χ0n) is 7.28. The largest absolute Gasteiger partial charge is 0.295 e. The number of imide groups is 2. The van der Waals surface area contributed by atoms with Gasteiger partial charge in [-0.05, 0) is 0 Å². The molecule has 14 heavy (non-hydrogen) atoms. The van der Waals surface area contributed by atoms with Gasteiger partial charge in [-0.25, -0.2) is 0 Å². The van der Waals surface area contributed by atoms with E-state index in [4.69, 9.17) is 0 Å². The second kappa shape index (κ2) is 2.90. The zero-order valence-corrected chi connectivity index (χ0v) is 7.28. The molecule has 0 aromatic carbocycles. The number of amides is 4. The van der Waals surface area contributed by atoms with Gasteiger partial charge in [0, 0.05) is 12.8 Å². The summed E-state index contributed by atoms with van der Waals surface area (Å²) >= 11 is 0. The van der Waals surface area contributed by atoms with E-state index >= 15 is 0 Å². The average molecular weight is 196 g/mol. The molecule has 2 rings (SSSR count). The number of nitrogens with one attached hydrogen (secondary N) is 1. The Balaban J connectivity index is 2.22. The molecule has 2 saturated heterocycles. The van der Waals surface area contributed by atoms with E-state index in [-0.39, 0.29) is 31.1 Å². The Bertz CT molecular complexity index is 333. The summed E-state index contributed by atoms with van der Waals surface area (Å²) in [5.74, 6) is -1.74. The van der Waals surface area contributed by atoms with Crippen molar-refractivity contribution >= 4 is 23.6 Å². The quantitative estimate of drug-likeness (QED) is 0.520. The van der Waals surface area contributed by atoms with Gasteiger partial charge in [0.2, 0.25) is 23.6 Å². The van der Waals surface area contributed by atoms with Crippen LogP contribution in [0.15, 0.2) is 0 Å². The van der Waals surface area contributed by atoms with Crippen LogP contribution in [-0.4, -0.2) is 34.6 Å². The predicted molar refractivity (Wildman–Crippen MR) is 42.6 cm³/mol. The third-order valence-electron chi connectivity index (χ3n) is 2.35. The molecule has 1 unspecified atom stereocenters. The van der Waals surface area contributed by atoms with Crippen LogP contribution in [0.4, 0.5) is 0 Å². The van der Waals surface area contributed by atoms with Crippen LogP contribution < -0.4 is 5.32 Å². The van der Waals surface area contributed by atoms with Crippen LogP contribution in [0.3, 0.4) is 0 Å². The summed E-state index contributed by atoms with van der Waals surface area (Å²) in [5, 5.41) is 2.06. The van der Waals surface area contributed by atoms with Gasteiger partial charge < -0.3 is 0 Å². The number of likely N-dealkylation sites (tertiary alicyclic amines) is 1. The van der Waals surface area contributed by atoms with Crippen LogP contribution >= 0.6 is 0 Å². The summed E-state index contributed by atoms with van der Waals surface area (Å²) in [6.07, 6.45) is 0.171. The lowest BCUT2D eigenvalue weighted by Crippen LogP contribution is -2.43. The molecule has 0 spiro atoms. The number of nitrogens with zero attached hydrogens (tertiary/aromatic N) is 1. The highest BCUT2D eigenvalue weighted by Crippen LogP contribution is 2.19. The molecule has 4 amide bonds. The van der Waals surface area contributed by atoms with Crippen LogP contribution in [-0.2, 0) is 19.2 Å². The minimum absolute atomic E-state index is 0.101. The van der Waals surface area contributed by atoms with Crippen molar-refractivity contribution in [3.05, 3.63) is 0 Å². The molecule has 1 N–H and O–H groups in total. The Morgan fingerprint density at radius 3 is 2.07 bits per heavy atom. The minimum Gasteiger partial charge on any atom is -0.295 e. The number of hydrogen-bond acceptors (Lipinski definition) is 4. The van der Waals surface area contributed by atoms with E-state index in [0.29, 0.717) is 0 Å². The highest BCUT2D eigenvalue weighted by molar-refractivity contribution is 6.12. The number of hydrogen-bond donors (Lipinski definition) is 1. The fourth-order valence-corrected chi connectivity index (χ4v) is 1.69. The van der Waals surface area contributed by atoms with Gasteiger partial charge in [-0.1, -0.05) is 0 Å². The van der Waals surface area contributed by atoms with Gasteiger partial charge in [-0.15, -0.1) is 0 Å². The van der Waals surface area contributed by atoms with Gasteiger partial charge >= 0.3 is 0 Å². The van der Waals surface area contributed by atoms with Crippen LogP contribution in [0.1, 0.15) is 19.3 Å². The smallest absolute Gasteiger partial charge is 0.250 e. The Labute approximate surface area is 79.2 Å². The summed E-state index contributed by atoms with van der Waals surface area (Å²) in [7, 11) is 0. The molecule has 2 heterocycles. The van der Waals surface area contributed by atoms with E-state index in [1.165, 1.54) is 0 Å². The van der Waals surface area contributed by atoms with Crippen molar-refractivity contribution in [2.24, 2.45) is 0 Å². The standard InChI is InChI=1S/C8H8N2O4/c11-5-3-4(8(14)9-5)10-6(12)1-2-7(10)13/h4H,1-3H2,(H,9,11,14). The van der Waals surface area contributed by atoms with E-state index in [1.807, 2.05) is 0 Å². The molecule has 6 nitrogen and oxygen atoms in total. The molecule has 0 aromatic heterocycles. The second-order valence-corrected chi connectivity index (χ2v) is 3.29. The summed E-state index contributed by atoms with van der Waals surface area (Å²) in [4.78, 5) is 45.4. The Kier molecular flexibility index (Phi) is 1.83. The molecular weight excluding hydrogens is 188 g/mol. The lowest BCUT2D eigenvalue weighted by atomic mass is 10.2. The zero-order chi connectivity index (χ0) is 10.3. The molecule has 0 bridgehead atoms. The van der Waals surface area contributed by atoms with Crippen molar-refractivity contribution in [1.82, 2.24) is 10.2 Å². The van der Waals surface area contributed by atoms with Crippen LogP contribution in [0.5, 0.6) is 0 Å². The van der Waals surface area contributed by atoms with E-state index in [2.05, 4.69) is 5.32 Å². The Hall–Kier alpha value is -1.72. The van der Waals surface area contributed by atoms with Gasteiger partial charge in [0.05, 0.1) is 6.42 Å². The van der Waals surface area contributed by atoms with E-state index in [1.54, 1.807) is 0 Å². The molecule has 0 aliphatic carbocycles. The second-order valence-electron chi connectivity index (χ2n) is 3.29. The van der Waals surface area contributed by atoms with Gasteiger partial charge in [-0.2, -0.15) is 0 Å². The van der Waals surface area contributed by atoms with Crippen molar-refractivity contribution in [3.63, 3.8) is 0 Å². The summed E-state index contributed by atoms with van der Waals surface area (Å²) < 4.78 is 0. The summed E-state index contributed by atoms with van der Waals surface area (Å²) in [6, 6.07) is -0.912. The summed E-state index contributed by atoms with van der Waals surface area (Å²) in [5.41, 5.74) is 0. The number of carbonyl (C=O) groups excluding carboxylic acids is 4. The van der Waals surface area contributed by atoms with Crippen molar-refractivity contribution in [2.75, 3.05) is 0 Å². The van der Waals surface area contributed by atoms with Gasteiger partial charge in [0.25, 0.3) is 0 Å². The molecule has 74 valence electrons. The van der Waals surface area contributed by atoms with E-state index < -0.39 is 17.9 Å². The highest BCUT2D eigenvalue weighted by atomic mass is 16.2. The number of rotatable bonds is 1. The molecule has 0 radical (unpaired) electrons. The highest BCUT2D eigenvalue weighted by Gasteiger charge is 2.43. The van der Waals surface area contributed by atoms with Gasteiger partial charge in [-0.3, -0.25) is 29.4 Å². The Morgan fingerprint density at radius 2 is 1.64 bits per heavy atom. The van der Waals surface area contributed by atoms with E-state index in [9.17, 15) is 19.2 Å². The lowest BCUT2D eigenvalue weighted by Gasteiger charge is -2.17. The fourth-order valence-electron chi connectivity index (χ4n) is 1.69. The molecule has 0 aromatic rings. The fraction of sp³-hybridized carbons (Fsp3) is 0.500. The maximum absolute atomic E-state index is 11.2. The summed E-state index contributed by atoms with van der Waals surface area (Å²) in [6.45, 7) is 0. The first-order chi connectivity index (χ1) is 6.59. The first-order valence-corrected chi connectivity index (χ1v) is 4.28. The van der Waals surface area contributed by atoms with Crippen molar-refractivity contribution in [2.45, 2.75) is 25.3 Å². The minimum atomic E-state index is -0.912. The monoisotopic (exact) mass is 196 g/mol. The van der Waals surface area contributed by atoms with Gasteiger partial charge in [0.1, 0.15) is 6.04 Å². The predicted octanol–water partition coefficient (Wildman–Crippen LogP) is -1.45. The average Bonchev–Trinajstić information content (AvgIpc) is 2.57. The van der Waals surface area contributed by atoms with Crippen molar-refractivity contribution < 1.29 is 19.2 Å². The van der Waals surface area contributed by atoms with Gasteiger partial charge in [0.15, 0.2) is 0 Å². The molecule has 0 saturated carbocycles. The Morgan fingerprint density at radius 1 is 1.07 bits per heavy atom. The normalized spacial score (nSPS) is 27.4. The first kappa shape index (κ1) is 8.86. The third-order valence-corrected chi connectivity index (χ3v) is 2.35. The maximum atomic E-state index is 11.2. The molecule has 2 aliphatic rings. The molecule has 2 aliphatic heterocycles. The number of carbonyl (C=O) groups is 4. The molecular formula is C8H8N2O4. The third kappa shape index (κ3) is 1.19. The van der Waals surface area contributed by atoms with E-state index in [0.717, 1.165) is 4.90 Å². The topological polar surface area (TPSA) is 83.6 Å². The first-order valence-electron chi connectivity index (χ1n) is 4.28. The maximum Gasteiger partial charge on any atom is 0.250 e. The van der Waals surface area contributed by atoms with Crippen LogP contribution in [0.2, 0.25) is 0 Å². The lowest BCUT2D eigenvalue weighted by molar-refractivity contribution is -0.145.